The van der Waals surface area contributed by atoms with E-state index >= 15 is 0 Å². The van der Waals surface area contributed by atoms with Crippen LogP contribution in [-0.4, -0.2) is 45.6 Å². The second-order valence-electron chi connectivity index (χ2n) is 5.70. The van der Waals surface area contributed by atoms with Gasteiger partial charge in [-0.05, 0) is 18.2 Å². The Balaban J connectivity index is 1.56. The molecular formula is C16H16N4O4. The molecule has 0 saturated carbocycles. The zero-order chi connectivity index (χ0) is 16.7. The van der Waals surface area contributed by atoms with Crippen molar-refractivity contribution in [2.45, 2.75) is 20.0 Å². The molecule has 24 heavy (non-hydrogen) atoms. The van der Waals surface area contributed by atoms with Crippen molar-refractivity contribution < 1.29 is 18.5 Å². The van der Waals surface area contributed by atoms with Crippen LogP contribution in [0.3, 0.4) is 0 Å². The highest BCUT2D eigenvalue weighted by molar-refractivity contribution is 5.97. The molecule has 0 bridgehead atoms. The van der Waals surface area contributed by atoms with E-state index in [0.717, 1.165) is 0 Å². The van der Waals surface area contributed by atoms with Crippen molar-refractivity contribution in [2.24, 2.45) is 0 Å². The van der Waals surface area contributed by atoms with E-state index in [2.05, 4.69) is 15.1 Å². The molecule has 124 valence electrons. The van der Waals surface area contributed by atoms with Crippen LogP contribution < -0.4 is 0 Å². The molecule has 2 aromatic heterocycles. The lowest BCUT2D eigenvalue weighted by atomic mass is 10.1. The molecule has 3 aromatic rings. The van der Waals surface area contributed by atoms with Gasteiger partial charge in [-0.3, -0.25) is 4.79 Å². The molecule has 0 N–H and O–H groups in total. The number of carbonyl (C=O) groups is 1. The largest absolute Gasteiger partial charge is 0.441 e. The molecule has 0 spiro atoms. The van der Waals surface area contributed by atoms with Gasteiger partial charge in [0.05, 0.1) is 13.2 Å². The zero-order valence-corrected chi connectivity index (χ0v) is 13.4. The third-order valence-electron chi connectivity index (χ3n) is 3.93. The molecule has 1 fully saturated rings. The van der Waals surface area contributed by atoms with E-state index in [1.54, 1.807) is 36.9 Å². The van der Waals surface area contributed by atoms with Crippen molar-refractivity contribution in [3.63, 3.8) is 0 Å². The van der Waals surface area contributed by atoms with Crippen molar-refractivity contribution in [2.75, 3.05) is 19.7 Å². The van der Waals surface area contributed by atoms with Crippen molar-refractivity contribution in [3.05, 3.63) is 41.4 Å². The van der Waals surface area contributed by atoms with Crippen LogP contribution in [0.25, 0.3) is 11.1 Å². The van der Waals surface area contributed by atoms with Gasteiger partial charge in [0, 0.05) is 26.0 Å². The highest BCUT2D eigenvalue weighted by Crippen LogP contribution is 2.23. The molecular weight excluding hydrogens is 312 g/mol. The zero-order valence-electron chi connectivity index (χ0n) is 13.4. The van der Waals surface area contributed by atoms with E-state index in [1.165, 1.54) is 0 Å². The Morgan fingerprint density at radius 1 is 1.25 bits per heavy atom. The average molecular weight is 328 g/mol. The molecule has 0 radical (unpaired) electrons. The Kier molecular flexibility index (Phi) is 3.53. The van der Waals surface area contributed by atoms with Gasteiger partial charge in [0.15, 0.2) is 11.5 Å². The fraction of sp³-hybridized carbons (Fsp3) is 0.375. The van der Waals surface area contributed by atoms with Gasteiger partial charge < -0.3 is 18.6 Å². The number of hydrogen-bond acceptors (Lipinski definition) is 7. The molecule has 1 aromatic carbocycles. The highest BCUT2D eigenvalue weighted by atomic mass is 16.5. The van der Waals surface area contributed by atoms with Gasteiger partial charge in [0.25, 0.3) is 5.91 Å². The maximum atomic E-state index is 12.8. The number of benzene rings is 1. The van der Waals surface area contributed by atoms with Crippen molar-refractivity contribution in [3.8, 4) is 0 Å². The Bertz CT molecular complexity index is 901. The van der Waals surface area contributed by atoms with Crippen molar-refractivity contribution in [1.29, 1.82) is 0 Å². The van der Waals surface area contributed by atoms with E-state index in [0.29, 0.717) is 54.0 Å². The lowest BCUT2D eigenvalue weighted by Crippen LogP contribution is -2.42. The van der Waals surface area contributed by atoms with E-state index in [9.17, 15) is 4.79 Å². The first-order chi connectivity index (χ1) is 11.6. The Labute approximate surface area is 137 Å². The van der Waals surface area contributed by atoms with Crippen LogP contribution in [0.5, 0.6) is 0 Å². The summed E-state index contributed by atoms with van der Waals surface area (Å²) < 4.78 is 16.1. The van der Waals surface area contributed by atoms with Crippen LogP contribution in [0.15, 0.2) is 27.1 Å². The monoisotopic (exact) mass is 328 g/mol. The number of hydrogen-bond donors (Lipinski definition) is 0. The Hall–Kier alpha value is -2.74. The summed E-state index contributed by atoms with van der Waals surface area (Å²) in [7, 11) is 0. The van der Waals surface area contributed by atoms with E-state index in [-0.39, 0.29) is 12.0 Å². The fourth-order valence-electron chi connectivity index (χ4n) is 2.79. The van der Waals surface area contributed by atoms with Crippen LogP contribution in [0.1, 0.15) is 34.1 Å². The first-order valence-corrected chi connectivity index (χ1v) is 7.68. The number of fused-ring (bicyclic) bond motifs is 1. The van der Waals surface area contributed by atoms with Gasteiger partial charge in [-0.1, -0.05) is 5.16 Å². The maximum absolute atomic E-state index is 12.8. The molecule has 1 atom stereocenters. The van der Waals surface area contributed by atoms with Gasteiger partial charge in [0.2, 0.25) is 11.7 Å². The molecule has 1 saturated heterocycles. The number of aromatic nitrogens is 3. The van der Waals surface area contributed by atoms with E-state index in [1.807, 2.05) is 0 Å². The Morgan fingerprint density at radius 2 is 2.12 bits per heavy atom. The van der Waals surface area contributed by atoms with Crippen LogP contribution in [0.2, 0.25) is 0 Å². The molecule has 0 aliphatic carbocycles. The average Bonchev–Trinajstić information content (AvgIpc) is 3.18. The quantitative estimate of drug-likeness (QED) is 0.710. The minimum atomic E-state index is -0.377. The van der Waals surface area contributed by atoms with Crippen LogP contribution in [0, 0.1) is 13.8 Å². The highest BCUT2D eigenvalue weighted by Gasteiger charge is 2.29. The van der Waals surface area contributed by atoms with Gasteiger partial charge in [-0.25, -0.2) is 4.98 Å². The Morgan fingerprint density at radius 3 is 2.92 bits per heavy atom. The van der Waals surface area contributed by atoms with Crippen LogP contribution >= 0.6 is 0 Å². The summed E-state index contributed by atoms with van der Waals surface area (Å²) in [6, 6.07) is 5.26. The number of oxazole rings is 1. The molecule has 4 rings (SSSR count). The smallest absolute Gasteiger partial charge is 0.254 e. The topological polar surface area (TPSA) is 94.5 Å². The molecule has 1 aliphatic heterocycles. The standard InChI is InChI=1S/C16H16N4O4/c1-9-17-12-7-11(3-4-13(12)23-9)16(21)20-5-6-22-14(8-20)15-18-10(2)24-19-15/h3-4,7,14H,5-6,8H2,1-2H3. The van der Waals surface area contributed by atoms with Gasteiger partial charge >= 0.3 is 0 Å². The number of ether oxygens (including phenoxy) is 1. The number of carbonyl (C=O) groups excluding carboxylic acids is 1. The van der Waals surface area contributed by atoms with Gasteiger partial charge in [-0.2, -0.15) is 4.98 Å². The molecule has 8 nitrogen and oxygen atoms in total. The minimum absolute atomic E-state index is 0.0777. The predicted molar refractivity (Wildman–Crippen MR) is 82.4 cm³/mol. The summed E-state index contributed by atoms with van der Waals surface area (Å²) in [4.78, 5) is 23.0. The number of rotatable bonds is 2. The second-order valence-corrected chi connectivity index (χ2v) is 5.70. The molecule has 1 unspecified atom stereocenters. The number of morpholine rings is 1. The lowest BCUT2D eigenvalue weighted by molar-refractivity contribution is -0.0276. The van der Waals surface area contributed by atoms with E-state index in [4.69, 9.17) is 13.7 Å². The first kappa shape index (κ1) is 14.8. The fourth-order valence-corrected chi connectivity index (χ4v) is 2.79. The molecule has 1 aliphatic rings. The number of aryl methyl sites for hydroxylation is 2. The number of amides is 1. The van der Waals surface area contributed by atoms with E-state index < -0.39 is 0 Å². The first-order valence-electron chi connectivity index (χ1n) is 7.68. The molecule has 3 heterocycles. The van der Waals surface area contributed by atoms with Gasteiger partial charge in [-0.15, -0.1) is 0 Å². The summed E-state index contributed by atoms with van der Waals surface area (Å²) in [6.45, 7) is 4.82. The predicted octanol–water partition coefficient (Wildman–Crippen LogP) is 2.04. The van der Waals surface area contributed by atoms with Crippen LogP contribution in [-0.2, 0) is 4.74 Å². The van der Waals surface area contributed by atoms with Gasteiger partial charge in [0.1, 0.15) is 11.6 Å². The summed E-state index contributed by atoms with van der Waals surface area (Å²) >= 11 is 0. The summed E-state index contributed by atoms with van der Waals surface area (Å²) in [5.41, 5.74) is 1.92. The normalized spacial score (nSPS) is 18.2. The third kappa shape index (κ3) is 2.65. The molecule has 1 amide bonds. The number of nitrogens with zero attached hydrogens (tertiary/aromatic N) is 4. The summed E-state index contributed by atoms with van der Waals surface area (Å²) in [6.07, 6.45) is -0.377. The second kappa shape index (κ2) is 5.72. The molecule has 8 heteroatoms. The van der Waals surface area contributed by atoms with Crippen molar-refractivity contribution in [1.82, 2.24) is 20.0 Å². The van der Waals surface area contributed by atoms with Crippen molar-refractivity contribution >= 4 is 17.0 Å². The minimum Gasteiger partial charge on any atom is -0.441 e. The van der Waals surface area contributed by atoms with Crippen LogP contribution in [0.4, 0.5) is 0 Å². The SMILES string of the molecule is Cc1nc(C2CN(C(=O)c3ccc4oc(C)nc4c3)CCO2)no1. The summed E-state index contributed by atoms with van der Waals surface area (Å²) in [5.74, 6) is 1.44. The summed E-state index contributed by atoms with van der Waals surface area (Å²) in [5, 5.41) is 3.88. The third-order valence-corrected chi connectivity index (χ3v) is 3.93. The maximum Gasteiger partial charge on any atom is 0.254 e. The lowest BCUT2D eigenvalue weighted by Gasteiger charge is -2.31.